The topological polar surface area (TPSA) is 3.24 Å². The van der Waals surface area contributed by atoms with Crippen molar-refractivity contribution in [3.63, 3.8) is 0 Å². The minimum absolute atomic E-state index is 0.141. The van der Waals surface area contributed by atoms with E-state index >= 15 is 0 Å². The number of rotatable bonds is 2. The lowest BCUT2D eigenvalue weighted by Gasteiger charge is -2.50. The van der Waals surface area contributed by atoms with Crippen molar-refractivity contribution in [2.45, 2.75) is 76.6 Å². The zero-order valence-electron chi connectivity index (χ0n) is 16.5. The Hall–Kier alpha value is -0.850. The van der Waals surface area contributed by atoms with Crippen LogP contribution in [0.2, 0.25) is 0 Å². The standard InChI is InChI=1S/C18H20F9NP2/c1-14(2)6-5-7-15(3,4)28(14)30-29-13-11(17(22,23)24)8-10(16(19,20)21)9-12(13)18(25,26)27/h8-9H,5-7H2,1-4H3. The van der Waals surface area contributed by atoms with E-state index in [0.29, 0.717) is 12.8 Å². The second kappa shape index (κ2) is 7.93. The Bertz CT molecular complexity index is 769. The normalized spacial score (nSPS) is 20.7. The van der Waals surface area contributed by atoms with Crippen LogP contribution in [0.5, 0.6) is 0 Å². The summed E-state index contributed by atoms with van der Waals surface area (Å²) in [6.45, 7) is 7.38. The van der Waals surface area contributed by atoms with Crippen LogP contribution in [0.15, 0.2) is 12.1 Å². The van der Waals surface area contributed by atoms with E-state index in [0.717, 1.165) is 6.42 Å². The van der Waals surface area contributed by atoms with E-state index in [1.54, 1.807) is 0 Å². The molecule has 0 aliphatic carbocycles. The highest BCUT2D eigenvalue weighted by Crippen LogP contribution is 2.47. The van der Waals surface area contributed by atoms with Gasteiger partial charge in [0.25, 0.3) is 0 Å². The van der Waals surface area contributed by atoms with Crippen molar-refractivity contribution in [2.75, 3.05) is 0 Å². The van der Waals surface area contributed by atoms with Gasteiger partial charge in [-0.2, -0.15) is 39.5 Å². The van der Waals surface area contributed by atoms with Gasteiger partial charge in [0.1, 0.15) is 0 Å². The summed E-state index contributed by atoms with van der Waals surface area (Å²) in [6.07, 6.45) is -13.8. The van der Waals surface area contributed by atoms with Crippen LogP contribution in [0.4, 0.5) is 39.5 Å². The number of benzene rings is 1. The lowest BCUT2D eigenvalue weighted by Crippen LogP contribution is -2.53. The Labute approximate surface area is 171 Å². The first-order valence-corrected chi connectivity index (χ1v) is 11.3. The van der Waals surface area contributed by atoms with Gasteiger partial charge in [-0.3, -0.25) is 0 Å². The third kappa shape index (κ3) is 5.49. The number of hydrogen-bond donors (Lipinski definition) is 0. The predicted octanol–water partition coefficient (Wildman–Crippen LogP) is 8.13. The molecule has 0 atom stereocenters. The fraction of sp³-hybridized carbons (Fsp3) is 0.667. The van der Waals surface area contributed by atoms with E-state index in [1.165, 1.54) is 0 Å². The Morgan fingerprint density at radius 3 is 1.47 bits per heavy atom. The van der Waals surface area contributed by atoms with Crippen LogP contribution in [-0.4, -0.2) is 15.7 Å². The van der Waals surface area contributed by atoms with Gasteiger partial charge in [-0.15, -0.1) is 0 Å². The Morgan fingerprint density at radius 1 is 0.733 bits per heavy atom. The summed E-state index contributed by atoms with van der Waals surface area (Å²) >= 11 is 0. The summed E-state index contributed by atoms with van der Waals surface area (Å²) in [4.78, 5) is 0. The molecule has 0 bridgehead atoms. The highest BCUT2D eigenvalue weighted by molar-refractivity contribution is 7.86. The van der Waals surface area contributed by atoms with Crippen molar-refractivity contribution in [1.82, 2.24) is 4.67 Å². The monoisotopic (exact) mass is 483 g/mol. The fourth-order valence-electron chi connectivity index (χ4n) is 3.65. The summed E-state index contributed by atoms with van der Waals surface area (Å²) < 4.78 is 122. The van der Waals surface area contributed by atoms with Crippen LogP contribution < -0.4 is 5.30 Å². The molecule has 0 spiro atoms. The molecule has 1 nitrogen and oxygen atoms in total. The summed E-state index contributed by atoms with van der Waals surface area (Å²) in [5, 5.41) is -1.19. The van der Waals surface area contributed by atoms with E-state index in [4.69, 9.17) is 0 Å². The maximum absolute atomic E-state index is 13.5. The van der Waals surface area contributed by atoms with Gasteiger partial charge in [-0.1, -0.05) is 0 Å². The highest BCUT2D eigenvalue weighted by Gasteiger charge is 2.45. The fourth-order valence-corrected chi connectivity index (χ4v) is 7.75. The van der Waals surface area contributed by atoms with Crippen LogP contribution in [0.3, 0.4) is 0 Å². The van der Waals surface area contributed by atoms with Crippen LogP contribution in [-0.2, 0) is 18.5 Å². The maximum atomic E-state index is 13.5. The van der Waals surface area contributed by atoms with E-state index < -0.39 is 51.6 Å². The summed E-state index contributed by atoms with van der Waals surface area (Å²) in [5.74, 6) is 0. The third-order valence-electron chi connectivity index (χ3n) is 5.01. The quantitative estimate of drug-likeness (QED) is 0.303. The van der Waals surface area contributed by atoms with Gasteiger partial charge < -0.3 is 0 Å². The molecule has 1 aliphatic rings. The van der Waals surface area contributed by atoms with Crippen molar-refractivity contribution >= 4 is 21.2 Å². The summed E-state index contributed by atoms with van der Waals surface area (Å²) in [7, 11) is -0.242. The minimum atomic E-state index is -5.37. The molecule has 170 valence electrons. The molecule has 0 N–H and O–H groups in total. The Morgan fingerprint density at radius 2 is 1.13 bits per heavy atom. The first-order chi connectivity index (χ1) is 13.3. The van der Waals surface area contributed by atoms with E-state index in [2.05, 4.69) is 0 Å². The summed E-state index contributed by atoms with van der Waals surface area (Å²) in [5.41, 5.74) is -6.77. The average Bonchev–Trinajstić information content (AvgIpc) is 2.49. The van der Waals surface area contributed by atoms with Crippen molar-refractivity contribution in [3.8, 4) is 0 Å². The predicted molar refractivity (Wildman–Crippen MR) is 98.8 cm³/mol. The molecule has 0 amide bonds. The molecule has 0 radical (unpaired) electrons. The highest BCUT2D eigenvalue weighted by atomic mass is 31.7. The molecule has 1 fully saturated rings. The maximum Gasteiger partial charge on any atom is 0.417 e. The second-order valence-corrected chi connectivity index (χ2v) is 10.8. The third-order valence-corrected chi connectivity index (χ3v) is 8.44. The van der Waals surface area contributed by atoms with E-state index in [-0.39, 0.29) is 28.0 Å². The first-order valence-electron chi connectivity index (χ1n) is 8.88. The Kier molecular flexibility index (Phi) is 6.72. The number of hydrogen-bond acceptors (Lipinski definition) is 0. The molecule has 30 heavy (non-hydrogen) atoms. The van der Waals surface area contributed by atoms with Gasteiger partial charge in [0.05, 0.1) is 16.7 Å². The average molecular weight is 483 g/mol. The van der Waals surface area contributed by atoms with Gasteiger partial charge in [0, 0.05) is 24.4 Å². The lowest BCUT2D eigenvalue weighted by molar-refractivity contribution is -0.147. The van der Waals surface area contributed by atoms with Gasteiger partial charge in [0.15, 0.2) is 0 Å². The molecule has 0 aromatic heterocycles. The zero-order valence-corrected chi connectivity index (χ0v) is 18.3. The smallest absolute Gasteiger partial charge is 0.242 e. The van der Waals surface area contributed by atoms with E-state index in [9.17, 15) is 39.5 Å². The molecule has 2 rings (SSSR count). The minimum Gasteiger partial charge on any atom is -0.242 e. The van der Waals surface area contributed by atoms with Gasteiger partial charge >= 0.3 is 18.5 Å². The zero-order chi connectivity index (χ0) is 23.3. The van der Waals surface area contributed by atoms with Crippen LogP contribution in [0, 0.1) is 0 Å². The number of alkyl halides is 9. The number of halogens is 9. The van der Waals surface area contributed by atoms with Gasteiger partial charge in [-0.25, -0.2) is 4.67 Å². The van der Waals surface area contributed by atoms with Crippen molar-refractivity contribution in [1.29, 1.82) is 0 Å². The molecular formula is C18H20F9NP2. The molecule has 12 heteroatoms. The molecular weight excluding hydrogens is 463 g/mol. The Balaban J connectivity index is 2.76. The van der Waals surface area contributed by atoms with Gasteiger partial charge in [-0.05, 0) is 67.0 Å². The van der Waals surface area contributed by atoms with Gasteiger partial charge in [0.2, 0.25) is 0 Å². The molecule has 0 saturated carbocycles. The first kappa shape index (κ1) is 25.4. The van der Waals surface area contributed by atoms with Crippen LogP contribution in [0.25, 0.3) is 0 Å². The van der Waals surface area contributed by atoms with Crippen LogP contribution >= 0.6 is 15.9 Å². The van der Waals surface area contributed by atoms with Crippen molar-refractivity contribution < 1.29 is 39.5 Å². The lowest BCUT2D eigenvalue weighted by atomic mass is 9.83. The number of piperidine rings is 1. The van der Waals surface area contributed by atoms with Crippen molar-refractivity contribution in [3.05, 3.63) is 28.8 Å². The molecule has 1 aromatic carbocycles. The summed E-state index contributed by atoms with van der Waals surface area (Å²) in [6, 6.07) is -0.473. The SMILES string of the molecule is CC1(C)CCCC(C)(C)N1P=Pc1c(C(F)(F)F)cc(C(F)(F)F)cc1C(F)(F)F. The van der Waals surface area contributed by atoms with Crippen LogP contribution in [0.1, 0.15) is 63.6 Å². The molecule has 0 unspecified atom stereocenters. The molecule has 1 aromatic rings. The largest absolute Gasteiger partial charge is 0.417 e. The molecule has 1 heterocycles. The molecule has 1 aliphatic heterocycles. The number of nitrogens with zero attached hydrogens (tertiary/aromatic N) is 1. The van der Waals surface area contributed by atoms with E-state index in [1.807, 2.05) is 32.4 Å². The second-order valence-electron chi connectivity index (χ2n) is 8.39. The van der Waals surface area contributed by atoms with Crippen molar-refractivity contribution in [2.24, 2.45) is 0 Å². The molecule has 1 saturated heterocycles.